The van der Waals surface area contributed by atoms with E-state index >= 15 is 0 Å². The lowest BCUT2D eigenvalue weighted by atomic mass is 10.0. The van der Waals surface area contributed by atoms with Crippen LogP contribution >= 0.6 is 0 Å². The first-order chi connectivity index (χ1) is 14.9. The number of benzene rings is 1. The number of ether oxygens (including phenoxy) is 1. The highest BCUT2D eigenvalue weighted by Gasteiger charge is 2.33. The van der Waals surface area contributed by atoms with Gasteiger partial charge in [-0.1, -0.05) is 12.1 Å². The Morgan fingerprint density at radius 1 is 1.26 bits per heavy atom. The molecule has 1 saturated carbocycles. The van der Waals surface area contributed by atoms with Crippen LogP contribution in [-0.2, 0) is 11.2 Å². The summed E-state index contributed by atoms with van der Waals surface area (Å²) in [7, 11) is 1.64. The number of methoxy groups -OCH3 is 1. The second-order valence-electron chi connectivity index (χ2n) is 8.07. The first-order valence-corrected chi connectivity index (χ1v) is 10.5. The average molecular weight is 422 g/mol. The number of aromatic nitrogens is 3. The van der Waals surface area contributed by atoms with E-state index in [1.54, 1.807) is 11.6 Å². The highest BCUT2D eigenvalue weighted by molar-refractivity contribution is 5.98. The molecule has 4 rings (SSSR count). The van der Waals surface area contributed by atoms with Crippen molar-refractivity contribution in [3.63, 3.8) is 0 Å². The Bertz CT molecular complexity index is 1130. The molecule has 1 atom stereocenters. The van der Waals surface area contributed by atoms with E-state index in [0.29, 0.717) is 30.0 Å². The Hall–Kier alpha value is -3.42. The maximum Gasteiger partial charge on any atom is 0.254 e. The van der Waals surface area contributed by atoms with E-state index in [1.807, 2.05) is 38.1 Å². The summed E-state index contributed by atoms with van der Waals surface area (Å²) in [5.41, 5.74) is 9.83. The highest BCUT2D eigenvalue weighted by Crippen LogP contribution is 2.41. The van der Waals surface area contributed by atoms with Crippen molar-refractivity contribution in [2.75, 3.05) is 7.11 Å². The van der Waals surface area contributed by atoms with Crippen molar-refractivity contribution in [3.8, 4) is 5.75 Å². The van der Waals surface area contributed by atoms with Gasteiger partial charge in [-0.25, -0.2) is 9.50 Å². The van der Waals surface area contributed by atoms with Crippen LogP contribution in [0.25, 0.3) is 5.65 Å². The van der Waals surface area contributed by atoms with Crippen LogP contribution in [0, 0.1) is 19.8 Å². The molecule has 0 spiro atoms. The number of carbonyl (C=O) groups is 2. The fourth-order valence-corrected chi connectivity index (χ4v) is 4.04. The number of nitrogens with one attached hydrogen (secondary N) is 1. The molecule has 2 heterocycles. The number of nitrogens with zero attached hydrogens (tertiary/aromatic N) is 3. The number of hydrogen-bond acceptors (Lipinski definition) is 5. The van der Waals surface area contributed by atoms with Crippen LogP contribution < -0.4 is 15.8 Å². The molecule has 2 amide bonds. The van der Waals surface area contributed by atoms with Crippen LogP contribution in [0.4, 0.5) is 0 Å². The first-order valence-electron chi connectivity index (χ1n) is 10.5. The number of hydrogen-bond donors (Lipinski definition) is 2. The van der Waals surface area contributed by atoms with Gasteiger partial charge in [0, 0.05) is 17.8 Å². The molecule has 1 aliphatic carbocycles. The Kier molecular flexibility index (Phi) is 5.63. The maximum absolute atomic E-state index is 12.8. The first kappa shape index (κ1) is 20.8. The molecule has 8 heteroatoms. The molecule has 1 fully saturated rings. The normalized spacial score (nSPS) is 14.4. The molecule has 0 bridgehead atoms. The van der Waals surface area contributed by atoms with Gasteiger partial charge in [0.1, 0.15) is 11.3 Å². The average Bonchev–Trinajstić information content (AvgIpc) is 3.50. The van der Waals surface area contributed by atoms with Crippen LogP contribution in [0.15, 0.2) is 30.5 Å². The predicted octanol–water partition coefficient (Wildman–Crippen LogP) is 2.65. The quantitative estimate of drug-likeness (QED) is 0.581. The summed E-state index contributed by atoms with van der Waals surface area (Å²) < 4.78 is 6.85. The lowest BCUT2D eigenvalue weighted by Gasteiger charge is -2.19. The van der Waals surface area contributed by atoms with Crippen molar-refractivity contribution in [1.82, 2.24) is 19.9 Å². The van der Waals surface area contributed by atoms with Gasteiger partial charge in [-0.3, -0.25) is 9.59 Å². The van der Waals surface area contributed by atoms with E-state index in [0.717, 1.165) is 41.1 Å². The summed E-state index contributed by atoms with van der Waals surface area (Å²) in [6.07, 6.45) is 4.56. The zero-order valence-corrected chi connectivity index (χ0v) is 18.0. The summed E-state index contributed by atoms with van der Waals surface area (Å²) in [5.74, 6) is 0.731. The van der Waals surface area contributed by atoms with Crippen LogP contribution in [0.2, 0.25) is 0 Å². The topological polar surface area (TPSA) is 112 Å². The molecule has 2 aromatic heterocycles. The molecule has 3 aromatic rings. The van der Waals surface area contributed by atoms with Crippen molar-refractivity contribution >= 4 is 17.5 Å². The van der Waals surface area contributed by atoms with Gasteiger partial charge >= 0.3 is 0 Å². The number of amides is 2. The number of carbonyl (C=O) groups excluding carboxylic acids is 2. The summed E-state index contributed by atoms with van der Waals surface area (Å²) in [4.78, 5) is 28.9. The number of nitrogens with two attached hydrogens (primary N) is 1. The standard InChI is InChI=1S/C23H27N5O3/c1-13-18(14(2)28-23(26-13)19(12-25-28)22(24)30)10-11-20(29)27-21(15-4-5-15)16-6-8-17(31-3)9-7-16/h6-9,12,15,21H,4-5,10-11H2,1-3H3,(H2,24,30)(H,27,29). The third-order valence-electron chi connectivity index (χ3n) is 5.96. The monoisotopic (exact) mass is 421 g/mol. The third kappa shape index (κ3) is 4.23. The molecule has 0 saturated heterocycles. The minimum atomic E-state index is -0.557. The third-order valence-corrected chi connectivity index (χ3v) is 5.96. The molecule has 1 aromatic carbocycles. The predicted molar refractivity (Wildman–Crippen MR) is 116 cm³/mol. The van der Waals surface area contributed by atoms with Crippen molar-refractivity contribution in [2.45, 2.75) is 45.6 Å². The number of primary amides is 1. The zero-order chi connectivity index (χ0) is 22.1. The van der Waals surface area contributed by atoms with Crippen molar-refractivity contribution in [3.05, 3.63) is 58.5 Å². The molecule has 162 valence electrons. The largest absolute Gasteiger partial charge is 0.497 e. The van der Waals surface area contributed by atoms with E-state index in [2.05, 4.69) is 15.4 Å². The van der Waals surface area contributed by atoms with Crippen LogP contribution in [-0.4, -0.2) is 33.5 Å². The summed E-state index contributed by atoms with van der Waals surface area (Å²) in [6.45, 7) is 3.79. The second kappa shape index (κ2) is 8.37. The van der Waals surface area contributed by atoms with Gasteiger partial charge in [-0.05, 0) is 62.3 Å². The molecule has 31 heavy (non-hydrogen) atoms. The number of aryl methyl sites for hydroxylation is 2. The number of fused-ring (bicyclic) bond motifs is 1. The summed E-state index contributed by atoms with van der Waals surface area (Å²) in [5, 5.41) is 7.46. The smallest absolute Gasteiger partial charge is 0.254 e. The Labute approximate surface area is 180 Å². The molecule has 8 nitrogen and oxygen atoms in total. The van der Waals surface area contributed by atoms with Gasteiger partial charge < -0.3 is 15.8 Å². The fourth-order valence-electron chi connectivity index (χ4n) is 4.04. The Morgan fingerprint density at radius 3 is 2.58 bits per heavy atom. The molecule has 0 radical (unpaired) electrons. The van der Waals surface area contributed by atoms with Gasteiger partial charge in [-0.15, -0.1) is 0 Å². The van der Waals surface area contributed by atoms with Gasteiger partial charge in [0.2, 0.25) is 5.91 Å². The Morgan fingerprint density at radius 2 is 1.97 bits per heavy atom. The highest BCUT2D eigenvalue weighted by atomic mass is 16.5. The molecular formula is C23H27N5O3. The maximum atomic E-state index is 12.8. The lowest BCUT2D eigenvalue weighted by molar-refractivity contribution is -0.122. The van der Waals surface area contributed by atoms with Crippen molar-refractivity contribution in [1.29, 1.82) is 0 Å². The van der Waals surface area contributed by atoms with Gasteiger partial charge in [-0.2, -0.15) is 5.10 Å². The molecule has 0 aliphatic heterocycles. The van der Waals surface area contributed by atoms with Crippen LogP contribution in [0.5, 0.6) is 5.75 Å². The van der Waals surface area contributed by atoms with Gasteiger partial charge in [0.05, 0.1) is 19.3 Å². The second-order valence-corrected chi connectivity index (χ2v) is 8.07. The molecule has 1 aliphatic rings. The van der Waals surface area contributed by atoms with Crippen LogP contribution in [0.3, 0.4) is 0 Å². The van der Waals surface area contributed by atoms with Crippen molar-refractivity contribution < 1.29 is 14.3 Å². The van der Waals surface area contributed by atoms with E-state index in [4.69, 9.17) is 10.5 Å². The van der Waals surface area contributed by atoms with E-state index in [1.165, 1.54) is 6.20 Å². The SMILES string of the molecule is COc1ccc(C(NC(=O)CCc2c(C)nc3c(C(N)=O)cnn3c2C)C2CC2)cc1. The number of rotatable bonds is 8. The van der Waals surface area contributed by atoms with E-state index in [9.17, 15) is 9.59 Å². The van der Waals surface area contributed by atoms with E-state index < -0.39 is 5.91 Å². The van der Waals surface area contributed by atoms with E-state index in [-0.39, 0.29) is 11.9 Å². The summed E-state index contributed by atoms with van der Waals surface area (Å²) >= 11 is 0. The van der Waals surface area contributed by atoms with Gasteiger partial charge in [0.15, 0.2) is 5.65 Å². The zero-order valence-electron chi connectivity index (χ0n) is 18.0. The van der Waals surface area contributed by atoms with Crippen LogP contribution in [0.1, 0.15) is 58.2 Å². The minimum Gasteiger partial charge on any atom is -0.497 e. The van der Waals surface area contributed by atoms with Gasteiger partial charge in [0.25, 0.3) is 5.91 Å². The molecular weight excluding hydrogens is 394 g/mol. The fraction of sp³-hybridized carbons (Fsp3) is 0.391. The molecule has 1 unspecified atom stereocenters. The lowest BCUT2D eigenvalue weighted by Crippen LogP contribution is -2.30. The minimum absolute atomic E-state index is 0.00454. The summed E-state index contributed by atoms with van der Waals surface area (Å²) in [6, 6.07) is 7.90. The molecule has 3 N–H and O–H groups in total. The van der Waals surface area contributed by atoms with Crippen molar-refractivity contribution in [2.24, 2.45) is 11.7 Å². The Balaban J connectivity index is 1.47.